The Morgan fingerprint density at radius 3 is 2.45 bits per heavy atom. The van der Waals surface area contributed by atoms with Crippen LogP contribution in [0.2, 0.25) is 5.02 Å². The van der Waals surface area contributed by atoms with Gasteiger partial charge in [0.15, 0.2) is 0 Å². The standard InChI is InChI=1S/C27H27ClN4S/c1-31-13-15-32(16-14-31)18-19-7-10-22(11-8-19)29-26(20-5-3-2-4-6-20)25-23-12-9-21(28)17-24(23)30-27(25)33/h2-12,17,25H,13-16,18H2,1H3,(H,30,33). The normalized spacial score (nSPS) is 19.4. The molecule has 2 aliphatic rings. The summed E-state index contributed by atoms with van der Waals surface area (Å²) in [5.74, 6) is -0.111. The molecule has 2 heterocycles. The van der Waals surface area contributed by atoms with Crippen molar-refractivity contribution in [1.82, 2.24) is 9.80 Å². The molecule has 0 radical (unpaired) electrons. The molecule has 0 aliphatic carbocycles. The zero-order valence-corrected chi connectivity index (χ0v) is 20.2. The van der Waals surface area contributed by atoms with E-state index in [0.717, 1.165) is 65.9 Å². The maximum Gasteiger partial charge on any atom is 0.0935 e. The number of fused-ring (bicyclic) bond motifs is 1. The van der Waals surface area contributed by atoms with E-state index in [-0.39, 0.29) is 5.92 Å². The van der Waals surface area contributed by atoms with Crippen LogP contribution in [0.4, 0.5) is 11.4 Å². The van der Waals surface area contributed by atoms with Crippen molar-refractivity contribution in [3.05, 3.63) is 94.5 Å². The van der Waals surface area contributed by atoms with Crippen LogP contribution in [0.1, 0.15) is 22.6 Å². The van der Waals surface area contributed by atoms with Gasteiger partial charge in [0.2, 0.25) is 0 Å². The highest BCUT2D eigenvalue weighted by atomic mass is 35.5. The first-order valence-electron chi connectivity index (χ1n) is 11.3. The molecule has 3 aromatic rings. The zero-order chi connectivity index (χ0) is 22.8. The maximum atomic E-state index is 6.22. The highest BCUT2D eigenvalue weighted by Gasteiger charge is 2.32. The molecule has 1 fully saturated rings. The molecular weight excluding hydrogens is 448 g/mol. The molecule has 168 valence electrons. The van der Waals surface area contributed by atoms with Gasteiger partial charge in [-0.15, -0.1) is 0 Å². The van der Waals surface area contributed by atoms with Crippen LogP contribution in [0.15, 0.2) is 77.8 Å². The molecule has 1 unspecified atom stereocenters. The summed E-state index contributed by atoms with van der Waals surface area (Å²) in [6.07, 6.45) is 0. The average molecular weight is 475 g/mol. The van der Waals surface area contributed by atoms with Crippen molar-refractivity contribution in [3.63, 3.8) is 0 Å². The van der Waals surface area contributed by atoms with Crippen molar-refractivity contribution in [1.29, 1.82) is 0 Å². The summed E-state index contributed by atoms with van der Waals surface area (Å²) < 4.78 is 0. The molecular formula is C27H27ClN4S. The van der Waals surface area contributed by atoms with Gasteiger partial charge >= 0.3 is 0 Å². The van der Waals surface area contributed by atoms with Crippen LogP contribution >= 0.6 is 23.8 Å². The lowest BCUT2D eigenvalue weighted by molar-refractivity contribution is 0.148. The first kappa shape index (κ1) is 22.2. The van der Waals surface area contributed by atoms with Crippen molar-refractivity contribution in [2.75, 3.05) is 38.5 Å². The third-order valence-corrected chi connectivity index (χ3v) is 6.95. The number of anilines is 1. The van der Waals surface area contributed by atoms with Crippen LogP contribution in [-0.4, -0.2) is 53.7 Å². The van der Waals surface area contributed by atoms with E-state index in [2.05, 4.69) is 58.6 Å². The minimum Gasteiger partial charge on any atom is -0.349 e. The number of likely N-dealkylation sites (N-methyl/N-ethyl adjacent to an activating group) is 1. The molecule has 1 atom stereocenters. The van der Waals surface area contributed by atoms with Gasteiger partial charge in [-0.2, -0.15) is 0 Å². The molecule has 0 saturated carbocycles. The number of hydrogen-bond donors (Lipinski definition) is 1. The van der Waals surface area contributed by atoms with E-state index < -0.39 is 0 Å². The number of rotatable bonds is 5. The second-order valence-corrected chi connectivity index (χ2v) is 9.64. The fraction of sp³-hybridized carbons (Fsp3) is 0.259. The second-order valence-electron chi connectivity index (χ2n) is 8.76. The van der Waals surface area contributed by atoms with Gasteiger partial charge in [0.25, 0.3) is 0 Å². The number of halogens is 1. The molecule has 5 rings (SSSR count). The summed E-state index contributed by atoms with van der Waals surface area (Å²) in [6.45, 7) is 5.47. The zero-order valence-electron chi connectivity index (χ0n) is 18.7. The predicted octanol–water partition coefficient (Wildman–Crippen LogP) is 5.74. The summed E-state index contributed by atoms with van der Waals surface area (Å²) in [6, 6.07) is 24.8. The largest absolute Gasteiger partial charge is 0.349 e. The van der Waals surface area contributed by atoms with Crippen LogP contribution in [0.25, 0.3) is 0 Å². The predicted molar refractivity (Wildman–Crippen MR) is 142 cm³/mol. The fourth-order valence-corrected chi connectivity index (χ4v) is 5.01. The first-order valence-corrected chi connectivity index (χ1v) is 12.1. The van der Waals surface area contributed by atoms with E-state index in [0.29, 0.717) is 5.02 Å². The molecule has 1 N–H and O–H groups in total. The molecule has 1 saturated heterocycles. The Morgan fingerprint density at radius 1 is 1.00 bits per heavy atom. The van der Waals surface area contributed by atoms with Crippen molar-refractivity contribution >= 4 is 45.9 Å². The quantitative estimate of drug-likeness (QED) is 0.377. The van der Waals surface area contributed by atoms with Crippen LogP contribution in [0.5, 0.6) is 0 Å². The summed E-state index contributed by atoms with van der Waals surface area (Å²) in [7, 11) is 2.19. The Labute approximate surface area is 205 Å². The van der Waals surface area contributed by atoms with Gasteiger partial charge in [-0.05, 0) is 48.0 Å². The highest BCUT2D eigenvalue weighted by molar-refractivity contribution is 7.80. The molecule has 0 spiro atoms. The molecule has 4 nitrogen and oxygen atoms in total. The van der Waals surface area contributed by atoms with Crippen molar-refractivity contribution in [2.45, 2.75) is 12.5 Å². The first-order chi connectivity index (χ1) is 16.1. The maximum absolute atomic E-state index is 6.22. The molecule has 6 heteroatoms. The minimum atomic E-state index is -0.111. The summed E-state index contributed by atoms with van der Waals surface area (Å²) in [4.78, 5) is 10.8. The molecule has 2 aliphatic heterocycles. The number of piperazine rings is 1. The minimum absolute atomic E-state index is 0.111. The molecule has 33 heavy (non-hydrogen) atoms. The Balaban J connectivity index is 1.45. The number of nitrogens with one attached hydrogen (secondary N) is 1. The lowest BCUT2D eigenvalue weighted by Crippen LogP contribution is -2.43. The van der Waals surface area contributed by atoms with Gasteiger partial charge in [-0.1, -0.05) is 72.3 Å². The van der Waals surface area contributed by atoms with Crippen molar-refractivity contribution in [2.24, 2.45) is 4.99 Å². The number of hydrogen-bond acceptors (Lipinski definition) is 4. The topological polar surface area (TPSA) is 30.9 Å². The van der Waals surface area contributed by atoms with Gasteiger partial charge in [-0.3, -0.25) is 9.89 Å². The summed E-state index contributed by atoms with van der Waals surface area (Å²) in [5.41, 5.74) is 6.33. The monoisotopic (exact) mass is 474 g/mol. The van der Waals surface area contributed by atoms with E-state index in [9.17, 15) is 0 Å². The average Bonchev–Trinajstić information content (AvgIpc) is 3.15. The van der Waals surface area contributed by atoms with Gasteiger partial charge < -0.3 is 10.2 Å². The van der Waals surface area contributed by atoms with E-state index >= 15 is 0 Å². The molecule has 0 aromatic heterocycles. The van der Waals surface area contributed by atoms with Crippen LogP contribution in [0.3, 0.4) is 0 Å². The van der Waals surface area contributed by atoms with Crippen molar-refractivity contribution < 1.29 is 0 Å². The van der Waals surface area contributed by atoms with E-state index in [4.69, 9.17) is 28.8 Å². The van der Waals surface area contributed by atoms with Crippen LogP contribution < -0.4 is 5.32 Å². The smallest absolute Gasteiger partial charge is 0.0935 e. The second kappa shape index (κ2) is 9.74. The summed E-state index contributed by atoms with van der Waals surface area (Å²) in [5, 5.41) is 4.03. The van der Waals surface area contributed by atoms with E-state index in [1.54, 1.807) is 0 Å². The highest BCUT2D eigenvalue weighted by Crippen LogP contribution is 2.38. The number of thiocarbonyl (C=S) groups is 1. The van der Waals surface area contributed by atoms with Gasteiger partial charge in [-0.25, -0.2) is 0 Å². The Hall–Kier alpha value is -2.57. The Kier molecular flexibility index (Phi) is 6.56. The van der Waals surface area contributed by atoms with Gasteiger partial charge in [0.1, 0.15) is 0 Å². The summed E-state index contributed by atoms with van der Waals surface area (Å²) >= 11 is 12.0. The van der Waals surface area contributed by atoms with Crippen LogP contribution in [0, 0.1) is 0 Å². The number of nitrogens with zero attached hydrogens (tertiary/aromatic N) is 3. The molecule has 0 amide bonds. The van der Waals surface area contributed by atoms with E-state index in [1.165, 1.54) is 5.56 Å². The van der Waals surface area contributed by atoms with Gasteiger partial charge in [0.05, 0.1) is 22.3 Å². The molecule has 0 bridgehead atoms. The Bertz CT molecular complexity index is 1170. The SMILES string of the molecule is CN1CCN(Cc2ccc(N=C(c3ccccc3)C3C(=S)Nc4cc(Cl)ccc43)cc2)CC1. The fourth-order valence-electron chi connectivity index (χ4n) is 4.49. The third-order valence-electron chi connectivity index (χ3n) is 6.38. The lowest BCUT2D eigenvalue weighted by Gasteiger charge is -2.32. The number of aliphatic imine (C=N–C) groups is 1. The third kappa shape index (κ3) is 5.02. The van der Waals surface area contributed by atoms with Crippen LogP contribution in [-0.2, 0) is 6.54 Å². The van der Waals surface area contributed by atoms with Gasteiger partial charge in [0, 0.05) is 43.4 Å². The number of benzene rings is 3. The van der Waals surface area contributed by atoms with E-state index in [1.807, 2.05) is 36.4 Å². The lowest BCUT2D eigenvalue weighted by atomic mass is 9.91. The Morgan fingerprint density at radius 2 is 1.73 bits per heavy atom. The van der Waals surface area contributed by atoms with Crippen molar-refractivity contribution in [3.8, 4) is 0 Å². The molecule has 3 aromatic carbocycles.